The summed E-state index contributed by atoms with van der Waals surface area (Å²) in [6.45, 7) is 4.85. The third-order valence-electron chi connectivity index (χ3n) is 5.82. The van der Waals surface area contributed by atoms with Gasteiger partial charge in [-0.1, -0.05) is 18.2 Å². The van der Waals surface area contributed by atoms with Crippen LogP contribution in [0.5, 0.6) is 0 Å². The van der Waals surface area contributed by atoms with Gasteiger partial charge >= 0.3 is 0 Å². The minimum Gasteiger partial charge on any atom is -0.341 e. The molecule has 0 aliphatic carbocycles. The fourth-order valence-electron chi connectivity index (χ4n) is 4.10. The number of pyridine rings is 1. The predicted octanol–water partition coefficient (Wildman–Crippen LogP) is 4.44. The highest BCUT2D eigenvalue weighted by molar-refractivity contribution is 5.87. The maximum atomic E-state index is 14.4. The second kappa shape index (κ2) is 8.79. The van der Waals surface area contributed by atoms with E-state index in [1.807, 2.05) is 17.0 Å². The number of anilines is 2. The number of carbonyl (C=O) groups excluding carboxylic acids is 1. The smallest absolute Gasteiger partial charge is 0.232 e. The van der Waals surface area contributed by atoms with Gasteiger partial charge < -0.3 is 10.2 Å². The van der Waals surface area contributed by atoms with Crippen LogP contribution < -0.4 is 5.32 Å². The molecule has 0 saturated carbocycles. The second-order valence-corrected chi connectivity index (χ2v) is 8.36. The van der Waals surface area contributed by atoms with Crippen molar-refractivity contribution < 1.29 is 9.18 Å². The van der Waals surface area contributed by atoms with Crippen LogP contribution in [0, 0.1) is 5.82 Å². The molecule has 160 valence electrons. The number of piperidine rings is 1. The number of benzene rings is 1. The van der Waals surface area contributed by atoms with E-state index in [4.69, 9.17) is 0 Å². The molecule has 7 heteroatoms. The Morgan fingerprint density at radius 3 is 2.58 bits per heavy atom. The van der Waals surface area contributed by atoms with Crippen LogP contribution in [0.4, 0.5) is 16.0 Å². The van der Waals surface area contributed by atoms with Gasteiger partial charge in [0.25, 0.3) is 0 Å². The number of carbonyl (C=O) groups is 1. The third-order valence-corrected chi connectivity index (χ3v) is 5.82. The molecule has 31 heavy (non-hydrogen) atoms. The van der Waals surface area contributed by atoms with Crippen molar-refractivity contribution in [3.05, 3.63) is 78.1 Å². The monoisotopic (exact) mass is 419 g/mol. The maximum Gasteiger partial charge on any atom is 0.232 e. The zero-order valence-corrected chi connectivity index (χ0v) is 17.8. The van der Waals surface area contributed by atoms with E-state index >= 15 is 0 Å². The van der Waals surface area contributed by atoms with Gasteiger partial charge in [0, 0.05) is 42.7 Å². The van der Waals surface area contributed by atoms with Gasteiger partial charge in [-0.3, -0.25) is 9.78 Å². The fraction of sp³-hybridized carbons (Fsp3) is 0.333. The molecule has 1 aromatic carbocycles. The van der Waals surface area contributed by atoms with Crippen LogP contribution in [0.15, 0.2) is 61.1 Å². The second-order valence-electron chi connectivity index (χ2n) is 8.36. The van der Waals surface area contributed by atoms with E-state index in [0.29, 0.717) is 24.6 Å². The van der Waals surface area contributed by atoms with Crippen molar-refractivity contribution in [1.82, 2.24) is 19.9 Å². The molecule has 1 atom stereocenters. The van der Waals surface area contributed by atoms with Crippen molar-refractivity contribution in [2.45, 2.75) is 38.0 Å². The Bertz CT molecular complexity index is 1040. The molecule has 1 saturated heterocycles. The minimum absolute atomic E-state index is 0.0539. The topological polar surface area (TPSA) is 71.0 Å². The number of nitrogens with one attached hydrogen (secondary N) is 1. The summed E-state index contributed by atoms with van der Waals surface area (Å²) in [6, 6.07) is 12.2. The minimum atomic E-state index is -0.926. The molecule has 1 aliphatic heterocycles. The molecule has 1 N–H and O–H groups in total. The standard InChI is InChI=1S/C24H26FN5O/c1-24(2,19-8-3-4-9-20(19)25)22(31)30-14-5-7-17(16-30)21-11-10-18(15-28-21)29-23-26-12-6-13-27-23/h3-4,6,8-13,15,17H,5,7,14,16H2,1-2H3,(H,26,27,29)/t17-/m0/s1. The van der Waals surface area contributed by atoms with Crippen molar-refractivity contribution in [3.63, 3.8) is 0 Å². The molecule has 1 fully saturated rings. The van der Waals surface area contributed by atoms with Crippen molar-refractivity contribution in [3.8, 4) is 0 Å². The van der Waals surface area contributed by atoms with E-state index in [0.717, 1.165) is 24.2 Å². The highest BCUT2D eigenvalue weighted by atomic mass is 19.1. The van der Waals surface area contributed by atoms with Crippen LogP contribution in [0.3, 0.4) is 0 Å². The first-order chi connectivity index (χ1) is 14.9. The Morgan fingerprint density at radius 2 is 1.87 bits per heavy atom. The lowest BCUT2D eigenvalue weighted by Crippen LogP contribution is -2.47. The van der Waals surface area contributed by atoms with Crippen molar-refractivity contribution in [2.24, 2.45) is 0 Å². The molecular weight excluding hydrogens is 393 g/mol. The molecule has 0 bridgehead atoms. The van der Waals surface area contributed by atoms with E-state index in [1.54, 1.807) is 56.7 Å². The Hall–Kier alpha value is -3.35. The summed E-state index contributed by atoms with van der Waals surface area (Å²) >= 11 is 0. The summed E-state index contributed by atoms with van der Waals surface area (Å²) in [4.78, 5) is 28.1. The lowest BCUT2D eigenvalue weighted by Gasteiger charge is -2.37. The van der Waals surface area contributed by atoms with Crippen molar-refractivity contribution >= 4 is 17.5 Å². The van der Waals surface area contributed by atoms with E-state index in [2.05, 4.69) is 20.3 Å². The normalized spacial score (nSPS) is 16.7. The highest BCUT2D eigenvalue weighted by Gasteiger charge is 2.37. The van der Waals surface area contributed by atoms with Gasteiger partial charge in [0.05, 0.1) is 17.3 Å². The van der Waals surface area contributed by atoms with E-state index in [-0.39, 0.29) is 17.6 Å². The van der Waals surface area contributed by atoms with Crippen molar-refractivity contribution in [1.29, 1.82) is 0 Å². The Morgan fingerprint density at radius 1 is 1.10 bits per heavy atom. The molecular formula is C24H26FN5O. The van der Waals surface area contributed by atoms with Crippen molar-refractivity contribution in [2.75, 3.05) is 18.4 Å². The number of halogens is 1. The zero-order chi connectivity index (χ0) is 21.8. The lowest BCUT2D eigenvalue weighted by molar-refractivity contribution is -0.137. The number of aromatic nitrogens is 3. The summed E-state index contributed by atoms with van der Waals surface area (Å²) in [7, 11) is 0. The van der Waals surface area contributed by atoms with Gasteiger partial charge in [-0.05, 0) is 51.0 Å². The van der Waals surface area contributed by atoms with Gasteiger partial charge in [-0.2, -0.15) is 0 Å². The van der Waals surface area contributed by atoms with Crippen LogP contribution in [0.1, 0.15) is 43.9 Å². The number of rotatable bonds is 5. The molecule has 6 nitrogen and oxygen atoms in total. The van der Waals surface area contributed by atoms with Gasteiger partial charge in [-0.25, -0.2) is 14.4 Å². The van der Waals surface area contributed by atoms with Crippen LogP contribution in [0.25, 0.3) is 0 Å². The summed E-state index contributed by atoms with van der Waals surface area (Å²) in [5.41, 5.74) is 1.25. The Kier molecular flexibility index (Phi) is 5.93. The van der Waals surface area contributed by atoms with Crippen LogP contribution in [-0.2, 0) is 10.2 Å². The first-order valence-corrected chi connectivity index (χ1v) is 10.5. The molecule has 1 amide bonds. The molecule has 0 unspecified atom stereocenters. The molecule has 3 aromatic rings. The highest BCUT2D eigenvalue weighted by Crippen LogP contribution is 2.32. The van der Waals surface area contributed by atoms with E-state index < -0.39 is 5.41 Å². The van der Waals surface area contributed by atoms with Gasteiger partial charge in [0.15, 0.2) is 0 Å². The predicted molar refractivity (Wildman–Crippen MR) is 118 cm³/mol. The largest absolute Gasteiger partial charge is 0.341 e. The average Bonchev–Trinajstić information content (AvgIpc) is 2.80. The Labute approximate surface area is 181 Å². The summed E-state index contributed by atoms with van der Waals surface area (Å²) < 4.78 is 14.4. The maximum absolute atomic E-state index is 14.4. The summed E-state index contributed by atoms with van der Waals surface area (Å²) in [5, 5.41) is 3.12. The zero-order valence-electron chi connectivity index (χ0n) is 17.8. The number of likely N-dealkylation sites (tertiary alicyclic amines) is 1. The Balaban J connectivity index is 1.46. The van der Waals surface area contributed by atoms with Crippen LogP contribution >= 0.6 is 0 Å². The molecule has 3 heterocycles. The molecule has 4 rings (SSSR count). The van der Waals surface area contributed by atoms with Crippen LogP contribution in [0.2, 0.25) is 0 Å². The van der Waals surface area contributed by atoms with Gasteiger partial charge in [-0.15, -0.1) is 0 Å². The first kappa shape index (κ1) is 20.9. The number of hydrogen-bond donors (Lipinski definition) is 1. The lowest BCUT2D eigenvalue weighted by atomic mass is 9.81. The summed E-state index contributed by atoms with van der Waals surface area (Å²) in [5.74, 6) is 0.265. The molecule has 2 aromatic heterocycles. The van der Waals surface area contributed by atoms with Gasteiger partial charge in [0.1, 0.15) is 5.82 Å². The molecule has 0 radical (unpaired) electrons. The first-order valence-electron chi connectivity index (χ1n) is 10.5. The van der Waals surface area contributed by atoms with E-state index in [9.17, 15) is 9.18 Å². The fourth-order valence-corrected chi connectivity index (χ4v) is 4.10. The number of amides is 1. The number of nitrogens with zero attached hydrogens (tertiary/aromatic N) is 4. The van der Waals surface area contributed by atoms with Gasteiger partial charge in [0.2, 0.25) is 11.9 Å². The van der Waals surface area contributed by atoms with Crippen LogP contribution in [-0.4, -0.2) is 38.8 Å². The molecule has 1 aliphatic rings. The SMILES string of the molecule is CC(C)(C(=O)N1CCC[C@H](c2ccc(Nc3ncccn3)cn2)C1)c1ccccc1F. The summed E-state index contributed by atoms with van der Waals surface area (Å²) in [6.07, 6.45) is 6.96. The average molecular weight is 420 g/mol. The third kappa shape index (κ3) is 4.55. The molecule has 0 spiro atoms. The van der Waals surface area contributed by atoms with E-state index in [1.165, 1.54) is 6.07 Å². The quantitative estimate of drug-likeness (QED) is 0.662. The number of hydrogen-bond acceptors (Lipinski definition) is 5.